The van der Waals surface area contributed by atoms with Crippen LogP contribution in [0.1, 0.15) is 43.4 Å². The van der Waals surface area contributed by atoms with Gasteiger partial charge in [-0.1, -0.05) is 25.7 Å². The van der Waals surface area contributed by atoms with E-state index in [0.717, 1.165) is 13.0 Å². The summed E-state index contributed by atoms with van der Waals surface area (Å²) in [5.41, 5.74) is -0.252. The van der Waals surface area contributed by atoms with Gasteiger partial charge in [0.2, 0.25) is 5.91 Å². The van der Waals surface area contributed by atoms with E-state index in [1.54, 1.807) is 6.92 Å². The standard InChI is InChI=1S/C18H25N3O4/c1-9-12(17(23)21-18(24)19-9)8-13(22)20-15-11-6-7-25-16(11)14(15)10-4-2-3-5-10/h10-11,14-16H,2-8H2,1H3,(H,20,22)(H2,19,21,23,24)/t11-,14+,15+,16-/m1/s1. The predicted molar refractivity (Wildman–Crippen MR) is 91.4 cm³/mol. The van der Waals surface area contributed by atoms with Gasteiger partial charge >= 0.3 is 5.69 Å². The molecular formula is C18H25N3O4. The van der Waals surface area contributed by atoms with Gasteiger partial charge in [0, 0.05) is 35.7 Å². The number of fused-ring (bicyclic) bond motifs is 1. The SMILES string of the molecule is Cc1[nH]c(=O)[nH]c(=O)c1CC(=O)N[C@H]1[C@H]2CCO[C@H]2[C@H]1C1CCCC1. The molecule has 0 unspecified atom stereocenters. The first kappa shape index (κ1) is 16.6. The lowest BCUT2D eigenvalue weighted by molar-refractivity contribution is -0.129. The molecule has 1 amide bonds. The summed E-state index contributed by atoms with van der Waals surface area (Å²) >= 11 is 0. The Balaban J connectivity index is 1.46. The highest BCUT2D eigenvalue weighted by Gasteiger charge is 2.56. The van der Waals surface area contributed by atoms with Gasteiger partial charge in [-0.05, 0) is 19.3 Å². The van der Waals surface area contributed by atoms with Gasteiger partial charge in [-0.15, -0.1) is 0 Å². The van der Waals surface area contributed by atoms with Crippen molar-refractivity contribution in [3.8, 4) is 0 Å². The van der Waals surface area contributed by atoms with E-state index < -0.39 is 11.2 Å². The van der Waals surface area contributed by atoms with Crippen molar-refractivity contribution in [3.63, 3.8) is 0 Å². The van der Waals surface area contributed by atoms with Crippen molar-refractivity contribution in [3.05, 3.63) is 32.1 Å². The molecule has 4 atom stereocenters. The van der Waals surface area contributed by atoms with Crippen LogP contribution in [0, 0.1) is 24.7 Å². The molecule has 1 aromatic rings. The number of aromatic nitrogens is 2. The third kappa shape index (κ3) is 2.94. The fourth-order valence-corrected chi connectivity index (χ4v) is 5.10. The van der Waals surface area contributed by atoms with Crippen molar-refractivity contribution in [1.82, 2.24) is 15.3 Å². The Kier molecular flexibility index (Phi) is 4.27. The van der Waals surface area contributed by atoms with Gasteiger partial charge in [0.15, 0.2) is 0 Å². The van der Waals surface area contributed by atoms with Crippen LogP contribution in [-0.4, -0.2) is 34.6 Å². The number of carbonyl (C=O) groups excluding carboxylic acids is 1. The average molecular weight is 347 g/mol. The number of amides is 1. The summed E-state index contributed by atoms with van der Waals surface area (Å²) in [6.07, 6.45) is 6.27. The lowest BCUT2D eigenvalue weighted by Crippen LogP contribution is -2.63. The molecule has 0 radical (unpaired) electrons. The van der Waals surface area contributed by atoms with Gasteiger partial charge in [-0.2, -0.15) is 0 Å². The van der Waals surface area contributed by atoms with Crippen LogP contribution < -0.4 is 16.6 Å². The minimum absolute atomic E-state index is 0.00984. The molecule has 1 saturated heterocycles. The van der Waals surface area contributed by atoms with Gasteiger partial charge in [0.25, 0.3) is 5.56 Å². The van der Waals surface area contributed by atoms with Gasteiger partial charge in [0.1, 0.15) is 0 Å². The normalized spacial score (nSPS) is 31.6. The summed E-state index contributed by atoms with van der Waals surface area (Å²) in [4.78, 5) is 40.5. The number of hydrogen-bond acceptors (Lipinski definition) is 4. The van der Waals surface area contributed by atoms with E-state index in [2.05, 4.69) is 15.3 Å². The molecule has 2 aliphatic carbocycles. The second kappa shape index (κ2) is 6.44. The monoisotopic (exact) mass is 347 g/mol. The highest BCUT2D eigenvalue weighted by Crippen LogP contribution is 2.51. The highest BCUT2D eigenvalue weighted by molar-refractivity contribution is 5.79. The molecule has 0 spiro atoms. The summed E-state index contributed by atoms with van der Waals surface area (Å²) in [5.74, 6) is 1.31. The lowest BCUT2D eigenvalue weighted by atomic mass is 9.61. The fraction of sp³-hybridized carbons (Fsp3) is 0.722. The first-order valence-electron chi connectivity index (χ1n) is 9.27. The molecule has 25 heavy (non-hydrogen) atoms. The zero-order valence-corrected chi connectivity index (χ0v) is 14.5. The largest absolute Gasteiger partial charge is 0.377 e. The van der Waals surface area contributed by atoms with Gasteiger partial charge in [-0.25, -0.2) is 4.79 Å². The van der Waals surface area contributed by atoms with Crippen molar-refractivity contribution >= 4 is 5.91 Å². The number of carbonyl (C=O) groups is 1. The highest BCUT2D eigenvalue weighted by atomic mass is 16.5. The van der Waals surface area contributed by atoms with Crippen LogP contribution in [0.25, 0.3) is 0 Å². The van der Waals surface area contributed by atoms with E-state index >= 15 is 0 Å². The third-order valence-electron chi connectivity index (χ3n) is 6.30. The topological polar surface area (TPSA) is 104 Å². The maximum Gasteiger partial charge on any atom is 0.325 e. The summed E-state index contributed by atoms with van der Waals surface area (Å²) in [5, 5.41) is 3.17. The number of H-pyrrole nitrogens is 2. The van der Waals surface area contributed by atoms with Crippen molar-refractivity contribution in [2.75, 3.05) is 6.61 Å². The third-order valence-corrected chi connectivity index (χ3v) is 6.30. The molecule has 7 heteroatoms. The second-order valence-corrected chi connectivity index (χ2v) is 7.69. The zero-order chi connectivity index (χ0) is 17.6. The van der Waals surface area contributed by atoms with E-state index in [0.29, 0.717) is 35.1 Å². The van der Waals surface area contributed by atoms with Crippen molar-refractivity contribution in [1.29, 1.82) is 0 Å². The molecule has 7 nitrogen and oxygen atoms in total. The molecule has 1 aliphatic heterocycles. The minimum Gasteiger partial charge on any atom is -0.377 e. The molecule has 0 bridgehead atoms. The van der Waals surface area contributed by atoms with Crippen molar-refractivity contribution in [2.24, 2.45) is 17.8 Å². The molecule has 2 saturated carbocycles. The molecule has 3 N–H and O–H groups in total. The molecule has 0 aromatic carbocycles. The number of rotatable bonds is 4. The van der Waals surface area contributed by atoms with Crippen LogP contribution in [0.3, 0.4) is 0 Å². The van der Waals surface area contributed by atoms with E-state index in [-0.39, 0.29) is 18.4 Å². The second-order valence-electron chi connectivity index (χ2n) is 7.69. The molecule has 2 heterocycles. The van der Waals surface area contributed by atoms with Crippen LogP contribution in [0.2, 0.25) is 0 Å². The summed E-state index contributed by atoms with van der Waals surface area (Å²) < 4.78 is 5.91. The Hall–Kier alpha value is -1.89. The summed E-state index contributed by atoms with van der Waals surface area (Å²) in [7, 11) is 0. The molecule has 136 valence electrons. The van der Waals surface area contributed by atoms with E-state index in [9.17, 15) is 14.4 Å². The molecule has 1 aromatic heterocycles. The van der Waals surface area contributed by atoms with Crippen LogP contribution >= 0.6 is 0 Å². The Morgan fingerprint density at radius 2 is 1.96 bits per heavy atom. The Labute approximate surface area is 145 Å². The Bertz CT molecular complexity index is 773. The van der Waals surface area contributed by atoms with Crippen molar-refractivity contribution in [2.45, 2.75) is 57.6 Å². The van der Waals surface area contributed by atoms with E-state index in [1.165, 1.54) is 25.7 Å². The van der Waals surface area contributed by atoms with Crippen molar-refractivity contribution < 1.29 is 9.53 Å². The number of aromatic amines is 2. The van der Waals surface area contributed by atoms with Crippen LogP contribution in [-0.2, 0) is 16.0 Å². The first-order valence-corrected chi connectivity index (χ1v) is 9.27. The lowest BCUT2D eigenvalue weighted by Gasteiger charge is -2.50. The van der Waals surface area contributed by atoms with E-state index in [4.69, 9.17) is 4.74 Å². The zero-order valence-electron chi connectivity index (χ0n) is 14.5. The van der Waals surface area contributed by atoms with Gasteiger partial charge in [-0.3, -0.25) is 14.6 Å². The molecule has 3 fully saturated rings. The number of aryl methyl sites for hydroxylation is 1. The van der Waals surface area contributed by atoms with Crippen LogP contribution in [0.4, 0.5) is 0 Å². The molecule has 3 aliphatic rings. The average Bonchev–Trinajstić information content (AvgIpc) is 3.19. The summed E-state index contributed by atoms with van der Waals surface area (Å²) in [6, 6.07) is 0.158. The summed E-state index contributed by atoms with van der Waals surface area (Å²) in [6.45, 7) is 2.42. The maximum atomic E-state index is 12.6. The molecule has 4 rings (SSSR count). The first-order chi connectivity index (χ1) is 12.0. The maximum absolute atomic E-state index is 12.6. The predicted octanol–water partition coefficient (Wildman–Crippen LogP) is 0.624. The Morgan fingerprint density at radius 1 is 1.20 bits per heavy atom. The number of hydrogen-bond donors (Lipinski definition) is 3. The smallest absolute Gasteiger partial charge is 0.325 e. The quantitative estimate of drug-likeness (QED) is 0.743. The Morgan fingerprint density at radius 3 is 2.68 bits per heavy atom. The number of ether oxygens (including phenoxy) is 1. The van der Waals surface area contributed by atoms with E-state index in [1.807, 2.05) is 0 Å². The van der Waals surface area contributed by atoms with Gasteiger partial charge in [0.05, 0.1) is 12.5 Å². The molecular weight excluding hydrogens is 322 g/mol. The van der Waals surface area contributed by atoms with Gasteiger partial charge < -0.3 is 15.0 Å². The fourth-order valence-electron chi connectivity index (χ4n) is 5.10. The van der Waals surface area contributed by atoms with Crippen LogP contribution in [0.5, 0.6) is 0 Å². The van der Waals surface area contributed by atoms with Crippen LogP contribution in [0.15, 0.2) is 9.59 Å². The number of nitrogens with one attached hydrogen (secondary N) is 3. The minimum atomic E-state index is -0.544.